The number of carbonyl (C=O) groups excluding carboxylic acids is 1. The van der Waals surface area contributed by atoms with Crippen LogP contribution < -0.4 is 5.32 Å². The van der Waals surface area contributed by atoms with Crippen molar-refractivity contribution in [3.8, 4) is 0 Å². The van der Waals surface area contributed by atoms with Crippen molar-refractivity contribution in [2.24, 2.45) is 5.92 Å². The summed E-state index contributed by atoms with van der Waals surface area (Å²) in [5.41, 5.74) is 1.99. The van der Waals surface area contributed by atoms with Crippen molar-refractivity contribution in [3.63, 3.8) is 0 Å². The standard InChI is InChI=1S/C16H22INO/c1-11-5-3-7-13(10-9-11)18-16(19)14-8-4-6-12(2)15(14)17/h4,6,8,11,13H,3,5,7,9-10H2,1-2H3,(H,18,19). The van der Waals surface area contributed by atoms with Gasteiger partial charge in [-0.3, -0.25) is 4.79 Å². The summed E-state index contributed by atoms with van der Waals surface area (Å²) in [5, 5.41) is 3.22. The molecule has 19 heavy (non-hydrogen) atoms. The maximum Gasteiger partial charge on any atom is 0.252 e. The fourth-order valence-electron chi connectivity index (χ4n) is 2.72. The van der Waals surface area contributed by atoms with Crippen molar-refractivity contribution in [3.05, 3.63) is 32.9 Å². The Hall–Kier alpha value is -0.580. The van der Waals surface area contributed by atoms with Gasteiger partial charge in [0.15, 0.2) is 0 Å². The fraction of sp³-hybridized carbons (Fsp3) is 0.562. The molecule has 1 aliphatic rings. The van der Waals surface area contributed by atoms with E-state index in [4.69, 9.17) is 0 Å². The smallest absolute Gasteiger partial charge is 0.252 e. The van der Waals surface area contributed by atoms with Gasteiger partial charge in [0.05, 0.1) is 5.56 Å². The first-order valence-electron chi connectivity index (χ1n) is 7.14. The first-order valence-corrected chi connectivity index (χ1v) is 8.21. The van der Waals surface area contributed by atoms with Crippen molar-refractivity contribution in [1.82, 2.24) is 5.32 Å². The molecule has 2 atom stereocenters. The first-order chi connectivity index (χ1) is 9.08. The summed E-state index contributed by atoms with van der Waals surface area (Å²) < 4.78 is 1.07. The molecule has 104 valence electrons. The molecule has 0 radical (unpaired) electrons. The zero-order valence-corrected chi connectivity index (χ0v) is 13.9. The summed E-state index contributed by atoms with van der Waals surface area (Å²) in [6.07, 6.45) is 6.01. The minimum Gasteiger partial charge on any atom is -0.349 e. The van der Waals surface area contributed by atoms with Crippen LogP contribution in [0.15, 0.2) is 18.2 Å². The number of aryl methyl sites for hydroxylation is 1. The van der Waals surface area contributed by atoms with Gasteiger partial charge < -0.3 is 5.32 Å². The van der Waals surface area contributed by atoms with E-state index in [-0.39, 0.29) is 5.91 Å². The molecule has 1 aliphatic carbocycles. The lowest BCUT2D eigenvalue weighted by Gasteiger charge is -2.17. The third-order valence-electron chi connectivity index (χ3n) is 4.03. The van der Waals surface area contributed by atoms with Crippen molar-refractivity contribution in [2.75, 3.05) is 0 Å². The van der Waals surface area contributed by atoms with E-state index in [1.807, 2.05) is 25.1 Å². The number of benzene rings is 1. The molecule has 2 nitrogen and oxygen atoms in total. The van der Waals surface area contributed by atoms with Gasteiger partial charge >= 0.3 is 0 Å². The predicted octanol–water partition coefficient (Wildman–Crippen LogP) is 4.30. The van der Waals surface area contributed by atoms with Crippen molar-refractivity contribution in [1.29, 1.82) is 0 Å². The number of nitrogens with one attached hydrogen (secondary N) is 1. The second kappa shape index (κ2) is 6.73. The lowest BCUT2D eigenvalue weighted by atomic mass is 10.0. The molecule has 0 aromatic heterocycles. The Morgan fingerprint density at radius 1 is 1.26 bits per heavy atom. The van der Waals surface area contributed by atoms with Crippen molar-refractivity contribution in [2.45, 2.75) is 52.0 Å². The summed E-state index contributed by atoms with van der Waals surface area (Å²) in [6, 6.07) is 6.28. The quantitative estimate of drug-likeness (QED) is 0.610. The summed E-state index contributed by atoms with van der Waals surface area (Å²) in [7, 11) is 0. The average molecular weight is 371 g/mol. The lowest BCUT2D eigenvalue weighted by molar-refractivity contribution is 0.0932. The van der Waals surface area contributed by atoms with Crippen molar-refractivity contribution < 1.29 is 4.79 Å². The molecular weight excluding hydrogens is 349 g/mol. The van der Waals surface area contributed by atoms with Gasteiger partial charge in [0, 0.05) is 9.61 Å². The third-order valence-corrected chi connectivity index (χ3v) is 5.46. The van der Waals surface area contributed by atoms with Crippen molar-refractivity contribution >= 4 is 28.5 Å². The van der Waals surface area contributed by atoms with Crippen LogP contribution in [-0.2, 0) is 0 Å². The van der Waals surface area contributed by atoms with Crippen LogP contribution in [0, 0.1) is 16.4 Å². The Labute approximate surface area is 129 Å². The van der Waals surface area contributed by atoms with E-state index < -0.39 is 0 Å². The van der Waals surface area contributed by atoms with Crippen LogP contribution in [-0.4, -0.2) is 11.9 Å². The van der Waals surface area contributed by atoms with E-state index in [0.717, 1.165) is 27.9 Å². The SMILES string of the molecule is Cc1cccc(C(=O)NC2CCCC(C)CC2)c1I. The van der Waals surface area contributed by atoms with E-state index in [1.165, 1.54) is 24.8 Å². The Balaban J connectivity index is 2.02. The molecule has 0 bridgehead atoms. The minimum atomic E-state index is 0.0904. The largest absolute Gasteiger partial charge is 0.349 e. The number of hydrogen-bond acceptors (Lipinski definition) is 1. The highest BCUT2D eigenvalue weighted by Gasteiger charge is 2.19. The molecule has 1 fully saturated rings. The number of amides is 1. The minimum absolute atomic E-state index is 0.0904. The summed E-state index contributed by atoms with van der Waals surface area (Å²) in [4.78, 5) is 12.4. The molecule has 2 rings (SSSR count). The zero-order chi connectivity index (χ0) is 13.8. The molecule has 1 aromatic carbocycles. The number of rotatable bonds is 2. The van der Waals surface area contributed by atoms with Gasteiger partial charge in [0.1, 0.15) is 0 Å². The Kier molecular flexibility index (Phi) is 5.25. The van der Waals surface area contributed by atoms with Crippen LogP contribution in [0.4, 0.5) is 0 Å². The number of hydrogen-bond donors (Lipinski definition) is 1. The molecular formula is C16H22INO. The average Bonchev–Trinajstić information content (AvgIpc) is 2.58. The van der Waals surface area contributed by atoms with E-state index in [9.17, 15) is 4.79 Å². The topological polar surface area (TPSA) is 29.1 Å². The Bertz CT molecular complexity index is 458. The molecule has 2 unspecified atom stereocenters. The van der Waals surface area contributed by atoms with E-state index in [1.54, 1.807) is 0 Å². The van der Waals surface area contributed by atoms with E-state index >= 15 is 0 Å². The molecule has 1 amide bonds. The van der Waals surface area contributed by atoms with Gasteiger partial charge in [-0.15, -0.1) is 0 Å². The molecule has 3 heteroatoms. The zero-order valence-electron chi connectivity index (χ0n) is 11.7. The monoisotopic (exact) mass is 371 g/mol. The normalized spacial score (nSPS) is 23.7. The summed E-state index contributed by atoms with van der Waals surface area (Å²) in [5.74, 6) is 0.897. The maximum atomic E-state index is 12.4. The van der Waals surface area contributed by atoms with Gasteiger partial charge in [-0.05, 0) is 66.3 Å². The van der Waals surface area contributed by atoms with Crippen LogP contribution >= 0.6 is 22.6 Å². The first kappa shape index (κ1) is 14.8. The van der Waals surface area contributed by atoms with Gasteiger partial charge in [0.2, 0.25) is 0 Å². The molecule has 1 saturated carbocycles. The van der Waals surface area contributed by atoms with Crippen LogP contribution in [0.2, 0.25) is 0 Å². The van der Waals surface area contributed by atoms with Crippen LogP contribution in [0.5, 0.6) is 0 Å². The lowest BCUT2D eigenvalue weighted by Crippen LogP contribution is -2.35. The van der Waals surface area contributed by atoms with Crippen LogP contribution in [0.25, 0.3) is 0 Å². The molecule has 0 heterocycles. The predicted molar refractivity (Wildman–Crippen MR) is 87.4 cm³/mol. The fourth-order valence-corrected chi connectivity index (χ4v) is 3.32. The molecule has 0 spiro atoms. The van der Waals surface area contributed by atoms with E-state index in [0.29, 0.717) is 6.04 Å². The second-order valence-electron chi connectivity index (χ2n) is 5.72. The maximum absolute atomic E-state index is 12.4. The second-order valence-corrected chi connectivity index (χ2v) is 6.80. The third kappa shape index (κ3) is 3.94. The highest BCUT2D eigenvalue weighted by Crippen LogP contribution is 2.23. The Morgan fingerprint density at radius 3 is 2.84 bits per heavy atom. The summed E-state index contributed by atoms with van der Waals surface area (Å²) in [6.45, 7) is 4.36. The highest BCUT2D eigenvalue weighted by molar-refractivity contribution is 14.1. The molecule has 1 aromatic rings. The molecule has 0 aliphatic heterocycles. The Morgan fingerprint density at radius 2 is 2.05 bits per heavy atom. The molecule has 0 saturated heterocycles. The van der Waals surface area contributed by atoms with Gasteiger partial charge in [-0.2, -0.15) is 0 Å². The number of halogens is 1. The summed E-state index contributed by atoms with van der Waals surface area (Å²) >= 11 is 2.26. The van der Waals surface area contributed by atoms with Crippen LogP contribution in [0.3, 0.4) is 0 Å². The van der Waals surface area contributed by atoms with Gasteiger partial charge in [-0.25, -0.2) is 0 Å². The molecule has 1 N–H and O–H groups in total. The van der Waals surface area contributed by atoms with E-state index in [2.05, 4.69) is 34.8 Å². The van der Waals surface area contributed by atoms with Gasteiger partial charge in [-0.1, -0.05) is 31.9 Å². The number of carbonyl (C=O) groups is 1. The van der Waals surface area contributed by atoms with Crippen LogP contribution in [0.1, 0.15) is 54.9 Å². The van der Waals surface area contributed by atoms with Gasteiger partial charge in [0.25, 0.3) is 5.91 Å². The highest BCUT2D eigenvalue weighted by atomic mass is 127.